The first-order valence-electron chi connectivity index (χ1n) is 4.13. The van der Waals surface area contributed by atoms with E-state index in [-0.39, 0.29) is 0 Å². The maximum atomic E-state index is 10.9. The number of primary amides is 1. The minimum atomic E-state index is -0.414. The van der Waals surface area contributed by atoms with E-state index in [0.717, 1.165) is 18.7 Å². The summed E-state index contributed by atoms with van der Waals surface area (Å²) in [6, 6.07) is 5.38. The highest BCUT2D eigenvalue weighted by molar-refractivity contribution is 5.94. The maximum absolute atomic E-state index is 10.9. The molecule has 2 rings (SSSR count). The fourth-order valence-electron chi connectivity index (χ4n) is 1.56. The summed E-state index contributed by atoms with van der Waals surface area (Å²) in [6.07, 6.45) is 0.935. The fraction of sp³-hybridized carbons (Fsp3) is 0.222. The first-order chi connectivity index (χ1) is 6.18. The highest BCUT2D eigenvalue weighted by Crippen LogP contribution is 2.26. The Morgan fingerprint density at radius 2 is 2.23 bits per heavy atom. The van der Waals surface area contributed by atoms with E-state index in [1.165, 1.54) is 5.56 Å². The molecule has 0 spiro atoms. The summed E-state index contributed by atoms with van der Waals surface area (Å²) in [4.78, 5) is 10.9. The molecule has 1 heterocycles. The van der Waals surface area contributed by atoms with Gasteiger partial charge in [0.15, 0.2) is 0 Å². The van der Waals surface area contributed by atoms with Crippen molar-refractivity contribution >= 4 is 11.6 Å². The number of carbonyl (C=O) groups is 1. The molecule has 0 aromatic heterocycles. The van der Waals surface area contributed by atoms with E-state index < -0.39 is 5.91 Å². The Bertz CT molecular complexity index is 362. The zero-order valence-corrected chi connectivity index (χ0v) is 7.16. The summed E-state index contributed by atoms with van der Waals surface area (Å²) in [5, 5.41) is 1.64. The van der Waals surface area contributed by atoms with Crippen LogP contribution in [0, 0.1) is 0 Å². The number of carbonyl (C=O) groups excluding carboxylic acids is 1. The molecule has 1 aliphatic heterocycles. The van der Waals surface area contributed by atoms with Crippen molar-refractivity contribution in [3.8, 4) is 0 Å². The van der Waals surface area contributed by atoms with Crippen LogP contribution in [0.4, 0.5) is 5.69 Å². The van der Waals surface area contributed by atoms with Crippen molar-refractivity contribution in [3.05, 3.63) is 29.3 Å². The molecule has 4 N–H and O–H groups in total. The number of amides is 1. The van der Waals surface area contributed by atoms with Gasteiger partial charge in [0, 0.05) is 12.1 Å². The third kappa shape index (κ3) is 1.25. The van der Waals surface area contributed by atoms with Crippen molar-refractivity contribution in [1.29, 1.82) is 0 Å². The molecule has 1 aromatic carbocycles. The van der Waals surface area contributed by atoms with Crippen LogP contribution in [-0.4, -0.2) is 12.5 Å². The molecular formula is C9H11N3O. The van der Waals surface area contributed by atoms with Gasteiger partial charge in [-0.3, -0.25) is 4.79 Å². The Morgan fingerprint density at radius 1 is 1.46 bits per heavy atom. The molecule has 1 amide bonds. The van der Waals surface area contributed by atoms with Crippen LogP contribution in [0.15, 0.2) is 18.2 Å². The topological polar surface area (TPSA) is 72.4 Å². The average molecular weight is 177 g/mol. The van der Waals surface area contributed by atoms with Gasteiger partial charge in [-0.15, -0.1) is 0 Å². The fourth-order valence-corrected chi connectivity index (χ4v) is 1.56. The second-order valence-corrected chi connectivity index (χ2v) is 3.15. The van der Waals surface area contributed by atoms with Gasteiger partial charge in [-0.25, -0.2) is 5.84 Å². The number of hydrazine groups is 1. The van der Waals surface area contributed by atoms with E-state index in [4.69, 9.17) is 11.6 Å². The van der Waals surface area contributed by atoms with Crippen LogP contribution in [0.1, 0.15) is 15.9 Å². The molecule has 0 atom stereocenters. The van der Waals surface area contributed by atoms with Crippen molar-refractivity contribution in [2.75, 3.05) is 11.6 Å². The monoisotopic (exact) mass is 177 g/mol. The lowest BCUT2D eigenvalue weighted by molar-refractivity contribution is 0.100. The van der Waals surface area contributed by atoms with Gasteiger partial charge in [0.1, 0.15) is 0 Å². The molecule has 1 aromatic rings. The SMILES string of the molecule is NC(=O)c1ccc2c(c1)N(N)CC2. The number of fused-ring (bicyclic) bond motifs is 1. The molecule has 4 heteroatoms. The Hall–Kier alpha value is -1.55. The van der Waals surface area contributed by atoms with Gasteiger partial charge in [-0.2, -0.15) is 0 Å². The van der Waals surface area contributed by atoms with Crippen LogP contribution in [0.2, 0.25) is 0 Å². The second-order valence-electron chi connectivity index (χ2n) is 3.15. The molecule has 0 bridgehead atoms. The maximum Gasteiger partial charge on any atom is 0.248 e. The Morgan fingerprint density at radius 3 is 2.92 bits per heavy atom. The van der Waals surface area contributed by atoms with Crippen molar-refractivity contribution < 1.29 is 4.79 Å². The Balaban J connectivity index is 2.47. The number of rotatable bonds is 1. The number of nitrogens with two attached hydrogens (primary N) is 2. The molecule has 68 valence electrons. The van der Waals surface area contributed by atoms with Crippen molar-refractivity contribution in [2.24, 2.45) is 11.6 Å². The van der Waals surface area contributed by atoms with E-state index in [0.29, 0.717) is 5.56 Å². The van der Waals surface area contributed by atoms with Crippen molar-refractivity contribution in [3.63, 3.8) is 0 Å². The predicted molar refractivity (Wildman–Crippen MR) is 50.2 cm³/mol. The number of anilines is 1. The lowest BCUT2D eigenvalue weighted by Crippen LogP contribution is -2.28. The molecule has 0 radical (unpaired) electrons. The van der Waals surface area contributed by atoms with Crippen LogP contribution >= 0.6 is 0 Å². The lowest BCUT2D eigenvalue weighted by Gasteiger charge is -2.11. The molecule has 13 heavy (non-hydrogen) atoms. The standard InChI is InChI=1S/C9H11N3O/c10-9(13)7-2-1-6-3-4-12(11)8(6)5-7/h1-2,5H,3-4,11H2,(H2,10,13). The molecule has 0 aliphatic carbocycles. The van der Waals surface area contributed by atoms with Gasteiger partial charge >= 0.3 is 0 Å². The summed E-state index contributed by atoms with van der Waals surface area (Å²) in [6.45, 7) is 0.803. The molecule has 0 saturated heterocycles. The quantitative estimate of drug-likeness (QED) is 0.594. The smallest absolute Gasteiger partial charge is 0.248 e. The number of nitrogens with zero attached hydrogens (tertiary/aromatic N) is 1. The predicted octanol–water partition coefficient (Wildman–Crippen LogP) is 0.0217. The number of hydrogen-bond donors (Lipinski definition) is 2. The zero-order valence-electron chi connectivity index (χ0n) is 7.16. The van der Waals surface area contributed by atoms with Crippen LogP contribution < -0.4 is 16.6 Å². The number of benzene rings is 1. The third-order valence-electron chi connectivity index (χ3n) is 2.30. The first kappa shape index (κ1) is 8.07. The van der Waals surface area contributed by atoms with Gasteiger partial charge in [0.25, 0.3) is 0 Å². The van der Waals surface area contributed by atoms with E-state index in [2.05, 4.69) is 0 Å². The van der Waals surface area contributed by atoms with Crippen LogP contribution in [-0.2, 0) is 6.42 Å². The summed E-state index contributed by atoms with van der Waals surface area (Å²) < 4.78 is 0. The zero-order chi connectivity index (χ0) is 9.42. The van der Waals surface area contributed by atoms with Gasteiger partial charge in [0.05, 0.1) is 5.69 Å². The number of hydrogen-bond acceptors (Lipinski definition) is 3. The normalized spacial score (nSPS) is 14.4. The van der Waals surface area contributed by atoms with Crippen LogP contribution in [0.25, 0.3) is 0 Å². The summed E-state index contributed by atoms with van der Waals surface area (Å²) in [5.41, 5.74) is 7.75. The Labute approximate surface area is 76.1 Å². The van der Waals surface area contributed by atoms with Crippen LogP contribution in [0.3, 0.4) is 0 Å². The lowest BCUT2D eigenvalue weighted by atomic mass is 10.1. The molecule has 1 aliphatic rings. The van der Waals surface area contributed by atoms with E-state index in [9.17, 15) is 4.79 Å². The van der Waals surface area contributed by atoms with Gasteiger partial charge < -0.3 is 10.7 Å². The largest absolute Gasteiger partial charge is 0.366 e. The van der Waals surface area contributed by atoms with Gasteiger partial charge in [-0.1, -0.05) is 6.07 Å². The minimum Gasteiger partial charge on any atom is -0.366 e. The van der Waals surface area contributed by atoms with Crippen LogP contribution in [0.5, 0.6) is 0 Å². The molecular weight excluding hydrogens is 166 g/mol. The Kier molecular flexibility index (Phi) is 1.70. The summed E-state index contributed by atoms with van der Waals surface area (Å²) in [7, 11) is 0. The van der Waals surface area contributed by atoms with Crippen molar-refractivity contribution in [1.82, 2.24) is 0 Å². The molecule has 4 nitrogen and oxygen atoms in total. The van der Waals surface area contributed by atoms with Gasteiger partial charge in [0.2, 0.25) is 5.91 Å². The minimum absolute atomic E-state index is 0.414. The second kappa shape index (κ2) is 2.74. The summed E-state index contributed by atoms with van der Waals surface area (Å²) >= 11 is 0. The van der Waals surface area contributed by atoms with E-state index >= 15 is 0 Å². The summed E-state index contributed by atoms with van der Waals surface area (Å²) in [5.74, 6) is 5.28. The highest BCUT2D eigenvalue weighted by Gasteiger charge is 2.17. The first-order valence-corrected chi connectivity index (χ1v) is 4.13. The van der Waals surface area contributed by atoms with Gasteiger partial charge in [-0.05, 0) is 24.1 Å². The average Bonchev–Trinajstić information content (AvgIpc) is 2.47. The molecule has 0 unspecified atom stereocenters. The third-order valence-corrected chi connectivity index (χ3v) is 2.30. The van der Waals surface area contributed by atoms with E-state index in [1.807, 2.05) is 6.07 Å². The molecule has 0 fully saturated rings. The van der Waals surface area contributed by atoms with Crippen molar-refractivity contribution in [2.45, 2.75) is 6.42 Å². The highest BCUT2D eigenvalue weighted by atomic mass is 16.1. The van der Waals surface area contributed by atoms with E-state index in [1.54, 1.807) is 17.1 Å². The molecule has 0 saturated carbocycles.